The maximum atomic E-state index is 12.6. The summed E-state index contributed by atoms with van der Waals surface area (Å²) in [5.41, 5.74) is 0.627. The van der Waals surface area contributed by atoms with Crippen LogP contribution in [0.15, 0.2) is 36.4 Å². The molecule has 1 aliphatic heterocycles. The van der Waals surface area contributed by atoms with Gasteiger partial charge in [0.2, 0.25) is 6.79 Å². The summed E-state index contributed by atoms with van der Waals surface area (Å²) < 4.78 is 15.7. The number of nitro benzene ring substituents is 1. The number of fused-ring (bicyclic) bond motifs is 1. The molecule has 0 spiro atoms. The van der Waals surface area contributed by atoms with Gasteiger partial charge in [-0.1, -0.05) is 0 Å². The second kappa shape index (κ2) is 8.05. The van der Waals surface area contributed by atoms with E-state index in [0.29, 0.717) is 22.9 Å². The SMILES string of the molecule is C[C@@H](OC(=O)c1cc([N+](=O)[O-])ccc1N(C)C)C(=O)Nc1ccc2c(c1)OCO2. The number of esters is 1. The van der Waals surface area contributed by atoms with E-state index >= 15 is 0 Å². The molecule has 0 unspecified atom stereocenters. The number of benzene rings is 2. The molecule has 0 radical (unpaired) electrons. The minimum atomic E-state index is -1.14. The van der Waals surface area contributed by atoms with Gasteiger partial charge in [-0.2, -0.15) is 0 Å². The lowest BCUT2D eigenvalue weighted by atomic mass is 10.1. The number of nitrogens with one attached hydrogen (secondary N) is 1. The number of nitro groups is 1. The van der Waals surface area contributed by atoms with Gasteiger partial charge in [0.05, 0.1) is 16.2 Å². The number of anilines is 2. The van der Waals surface area contributed by atoms with Crippen LogP contribution in [0, 0.1) is 10.1 Å². The van der Waals surface area contributed by atoms with E-state index in [0.717, 1.165) is 6.07 Å². The number of hydrogen-bond acceptors (Lipinski definition) is 8. The van der Waals surface area contributed by atoms with Crippen molar-refractivity contribution in [3.05, 3.63) is 52.1 Å². The molecule has 3 rings (SSSR count). The molecule has 2 aromatic carbocycles. The maximum Gasteiger partial charge on any atom is 0.341 e. The van der Waals surface area contributed by atoms with Crippen LogP contribution in [0.3, 0.4) is 0 Å². The summed E-state index contributed by atoms with van der Waals surface area (Å²) in [5.74, 6) is -0.330. The second-order valence-corrected chi connectivity index (χ2v) is 6.46. The second-order valence-electron chi connectivity index (χ2n) is 6.46. The van der Waals surface area contributed by atoms with E-state index in [2.05, 4.69) is 5.32 Å². The molecule has 1 amide bonds. The summed E-state index contributed by atoms with van der Waals surface area (Å²) in [6.45, 7) is 1.52. The van der Waals surface area contributed by atoms with Crippen molar-refractivity contribution in [2.24, 2.45) is 0 Å². The summed E-state index contributed by atoms with van der Waals surface area (Å²) in [4.78, 5) is 37.0. The van der Waals surface area contributed by atoms with Crippen LogP contribution in [-0.2, 0) is 9.53 Å². The van der Waals surface area contributed by atoms with Crippen LogP contribution < -0.4 is 19.7 Å². The molecule has 2 aromatic rings. The monoisotopic (exact) mass is 401 g/mol. The van der Waals surface area contributed by atoms with Gasteiger partial charge in [-0.25, -0.2) is 4.79 Å². The normalized spacial score (nSPS) is 12.8. The zero-order chi connectivity index (χ0) is 21.1. The average molecular weight is 401 g/mol. The number of carbonyl (C=O) groups excluding carboxylic acids is 2. The van der Waals surface area contributed by atoms with E-state index in [4.69, 9.17) is 14.2 Å². The Labute approximate surface area is 166 Å². The number of rotatable bonds is 6. The zero-order valence-corrected chi connectivity index (χ0v) is 16.0. The largest absolute Gasteiger partial charge is 0.454 e. The first-order valence-electron chi connectivity index (χ1n) is 8.63. The van der Waals surface area contributed by atoms with E-state index in [1.165, 1.54) is 19.1 Å². The Kier molecular flexibility index (Phi) is 5.53. The Morgan fingerprint density at radius 2 is 1.90 bits per heavy atom. The number of hydrogen-bond donors (Lipinski definition) is 1. The highest BCUT2D eigenvalue weighted by Gasteiger charge is 2.24. The molecule has 10 nitrogen and oxygen atoms in total. The molecule has 0 saturated heterocycles. The molecule has 0 fully saturated rings. The van der Waals surface area contributed by atoms with Crippen molar-refractivity contribution in [2.45, 2.75) is 13.0 Å². The molecule has 0 aromatic heterocycles. The van der Waals surface area contributed by atoms with Crippen molar-refractivity contribution < 1.29 is 28.7 Å². The highest BCUT2D eigenvalue weighted by molar-refractivity contribution is 6.00. The van der Waals surface area contributed by atoms with Crippen molar-refractivity contribution in [3.8, 4) is 11.5 Å². The van der Waals surface area contributed by atoms with Crippen molar-refractivity contribution in [3.63, 3.8) is 0 Å². The van der Waals surface area contributed by atoms with Gasteiger partial charge in [-0.15, -0.1) is 0 Å². The van der Waals surface area contributed by atoms with Gasteiger partial charge in [0.1, 0.15) is 0 Å². The quantitative estimate of drug-likeness (QED) is 0.445. The number of nitrogens with zero attached hydrogens (tertiary/aromatic N) is 2. The lowest BCUT2D eigenvalue weighted by Crippen LogP contribution is -2.30. The molecular formula is C19H19N3O7. The van der Waals surface area contributed by atoms with Crippen LogP contribution in [-0.4, -0.2) is 43.8 Å². The third kappa shape index (κ3) is 4.37. The Hall–Kier alpha value is -3.82. The molecule has 0 aliphatic carbocycles. The number of carbonyl (C=O) groups is 2. The molecular weight excluding hydrogens is 382 g/mol. The minimum Gasteiger partial charge on any atom is -0.454 e. The number of amides is 1. The predicted molar refractivity (Wildman–Crippen MR) is 103 cm³/mol. The van der Waals surface area contributed by atoms with E-state index in [9.17, 15) is 19.7 Å². The Balaban J connectivity index is 1.72. The molecule has 152 valence electrons. The molecule has 1 heterocycles. The summed E-state index contributed by atoms with van der Waals surface area (Å²) >= 11 is 0. The first-order chi connectivity index (χ1) is 13.8. The highest BCUT2D eigenvalue weighted by Crippen LogP contribution is 2.34. The van der Waals surface area contributed by atoms with Crippen LogP contribution in [0.5, 0.6) is 11.5 Å². The molecule has 1 N–H and O–H groups in total. The Morgan fingerprint density at radius 1 is 1.17 bits per heavy atom. The van der Waals surface area contributed by atoms with Gasteiger partial charge in [-0.05, 0) is 25.1 Å². The average Bonchev–Trinajstić information content (AvgIpc) is 3.15. The van der Waals surface area contributed by atoms with E-state index in [1.54, 1.807) is 37.2 Å². The van der Waals surface area contributed by atoms with Crippen LogP contribution in [0.1, 0.15) is 17.3 Å². The number of non-ortho nitro benzene ring substituents is 1. The third-order valence-electron chi connectivity index (χ3n) is 4.19. The minimum absolute atomic E-state index is 0.00747. The summed E-state index contributed by atoms with van der Waals surface area (Å²) in [6, 6.07) is 8.75. The number of ether oxygens (including phenoxy) is 3. The first-order valence-corrected chi connectivity index (χ1v) is 8.63. The van der Waals surface area contributed by atoms with E-state index in [-0.39, 0.29) is 18.0 Å². The molecule has 29 heavy (non-hydrogen) atoms. The van der Waals surface area contributed by atoms with E-state index in [1.807, 2.05) is 0 Å². The van der Waals surface area contributed by atoms with Crippen molar-refractivity contribution >= 4 is 28.9 Å². The summed E-state index contributed by atoms with van der Waals surface area (Å²) in [5, 5.41) is 13.7. The predicted octanol–water partition coefficient (Wildman–Crippen LogP) is 2.57. The molecule has 1 atom stereocenters. The molecule has 10 heteroatoms. The fourth-order valence-electron chi connectivity index (χ4n) is 2.69. The van der Waals surface area contributed by atoms with Gasteiger partial charge in [0, 0.05) is 38.0 Å². The first kappa shape index (κ1) is 19.9. The van der Waals surface area contributed by atoms with Gasteiger partial charge in [-0.3, -0.25) is 14.9 Å². The summed E-state index contributed by atoms with van der Waals surface area (Å²) in [6.07, 6.45) is -1.14. The summed E-state index contributed by atoms with van der Waals surface area (Å²) in [7, 11) is 3.38. The van der Waals surface area contributed by atoms with E-state index < -0.39 is 22.9 Å². The maximum absolute atomic E-state index is 12.6. The lowest BCUT2D eigenvalue weighted by Gasteiger charge is -2.18. The third-order valence-corrected chi connectivity index (χ3v) is 4.19. The smallest absolute Gasteiger partial charge is 0.341 e. The Bertz CT molecular complexity index is 974. The fourth-order valence-corrected chi connectivity index (χ4v) is 2.69. The highest BCUT2D eigenvalue weighted by atomic mass is 16.7. The van der Waals surface area contributed by atoms with Crippen molar-refractivity contribution in [1.82, 2.24) is 0 Å². The van der Waals surface area contributed by atoms with Crippen LogP contribution in [0.4, 0.5) is 17.1 Å². The topological polar surface area (TPSA) is 120 Å². The standard InChI is InChI=1S/C19H19N3O7/c1-11(18(23)20-12-4-7-16-17(8-12)28-10-27-16)29-19(24)14-9-13(22(25)26)5-6-15(14)21(2)3/h4-9,11H,10H2,1-3H3,(H,20,23)/t11-/m1/s1. The molecule has 1 aliphatic rings. The van der Waals surface area contributed by atoms with Crippen molar-refractivity contribution in [1.29, 1.82) is 0 Å². The Morgan fingerprint density at radius 3 is 2.59 bits per heavy atom. The lowest BCUT2D eigenvalue weighted by molar-refractivity contribution is -0.384. The van der Waals surface area contributed by atoms with Crippen molar-refractivity contribution in [2.75, 3.05) is 31.1 Å². The van der Waals surface area contributed by atoms with Crippen LogP contribution >= 0.6 is 0 Å². The zero-order valence-electron chi connectivity index (χ0n) is 16.0. The van der Waals surface area contributed by atoms with Gasteiger partial charge in [0.25, 0.3) is 11.6 Å². The van der Waals surface area contributed by atoms with Gasteiger partial charge < -0.3 is 24.4 Å². The van der Waals surface area contributed by atoms with Gasteiger partial charge >= 0.3 is 5.97 Å². The molecule has 0 bridgehead atoms. The van der Waals surface area contributed by atoms with Crippen LogP contribution in [0.25, 0.3) is 0 Å². The fraction of sp³-hybridized carbons (Fsp3) is 0.263. The molecule has 0 saturated carbocycles. The van der Waals surface area contributed by atoms with Gasteiger partial charge in [0.15, 0.2) is 17.6 Å². The van der Waals surface area contributed by atoms with Crippen LogP contribution in [0.2, 0.25) is 0 Å².